The number of Topliss-reactive ketones (excluding diaryl/α,β-unsaturated/α-hetero) is 1. The topological polar surface area (TPSA) is 134 Å². The fraction of sp³-hybridized carbons (Fsp3) is 0.292. The van der Waals surface area contributed by atoms with E-state index in [9.17, 15) is 21.6 Å². The minimum absolute atomic E-state index is 0.00737. The number of sulfone groups is 1. The van der Waals surface area contributed by atoms with E-state index in [1.165, 1.54) is 36.1 Å². The lowest BCUT2D eigenvalue weighted by Gasteiger charge is -2.27. The third kappa shape index (κ3) is 4.76. The number of oxime groups is 1. The van der Waals surface area contributed by atoms with Crippen LogP contribution in [0, 0.1) is 13.8 Å². The van der Waals surface area contributed by atoms with Crippen molar-refractivity contribution in [3.63, 3.8) is 0 Å². The van der Waals surface area contributed by atoms with Crippen molar-refractivity contribution in [3.05, 3.63) is 69.9 Å². The number of aromatic nitrogens is 2. The number of carbonyl (C=O) groups excluding carboxylic acids is 1. The highest BCUT2D eigenvalue weighted by molar-refractivity contribution is 7.93. The first-order valence-electron chi connectivity index (χ1n) is 11.2. The van der Waals surface area contributed by atoms with Gasteiger partial charge in [-0.2, -0.15) is 13.5 Å². The molecule has 10 nitrogen and oxygen atoms in total. The summed E-state index contributed by atoms with van der Waals surface area (Å²) in [5, 5.41) is 6.80. The Hall–Kier alpha value is -3.22. The first-order chi connectivity index (χ1) is 17.4. The number of hydrogen-bond acceptors (Lipinski definition) is 9. The van der Waals surface area contributed by atoms with E-state index in [4.69, 9.17) is 20.6 Å². The summed E-state index contributed by atoms with van der Waals surface area (Å²) in [5.41, 5.74) is 1.54. The van der Waals surface area contributed by atoms with E-state index in [1.54, 1.807) is 32.9 Å². The van der Waals surface area contributed by atoms with E-state index in [1.807, 2.05) is 0 Å². The molecule has 3 aromatic rings. The van der Waals surface area contributed by atoms with Crippen molar-refractivity contribution >= 4 is 43.1 Å². The van der Waals surface area contributed by atoms with Crippen LogP contribution in [0.15, 0.2) is 57.5 Å². The molecule has 0 aliphatic carbocycles. The van der Waals surface area contributed by atoms with Gasteiger partial charge in [-0.05, 0) is 56.2 Å². The molecule has 1 aliphatic heterocycles. The highest BCUT2D eigenvalue weighted by atomic mass is 35.5. The molecule has 0 bridgehead atoms. The van der Waals surface area contributed by atoms with Gasteiger partial charge in [0.15, 0.2) is 15.6 Å². The zero-order valence-electron chi connectivity index (χ0n) is 20.4. The molecule has 37 heavy (non-hydrogen) atoms. The number of carbonyl (C=O) groups is 1. The second-order valence-electron chi connectivity index (χ2n) is 8.40. The van der Waals surface area contributed by atoms with Crippen LogP contribution in [0.1, 0.15) is 40.4 Å². The summed E-state index contributed by atoms with van der Waals surface area (Å²) in [6.07, 6.45) is 0.840. The van der Waals surface area contributed by atoms with Gasteiger partial charge in [0.25, 0.3) is 0 Å². The van der Waals surface area contributed by atoms with Crippen LogP contribution < -0.4 is 4.18 Å². The van der Waals surface area contributed by atoms with Gasteiger partial charge in [0.1, 0.15) is 22.8 Å². The van der Waals surface area contributed by atoms with Crippen molar-refractivity contribution < 1.29 is 30.7 Å². The summed E-state index contributed by atoms with van der Waals surface area (Å²) in [6.45, 7) is 5.22. The second-order valence-corrected chi connectivity index (χ2v) is 12.4. The van der Waals surface area contributed by atoms with Crippen LogP contribution in [0.5, 0.6) is 5.88 Å². The van der Waals surface area contributed by atoms with Gasteiger partial charge in [0.05, 0.1) is 16.8 Å². The second kappa shape index (κ2) is 9.92. The average Bonchev–Trinajstić information content (AvgIpc) is 3.24. The van der Waals surface area contributed by atoms with Gasteiger partial charge in [0.2, 0.25) is 5.88 Å². The summed E-state index contributed by atoms with van der Waals surface area (Å²) in [7, 11) is -7.26. The first-order valence-corrected chi connectivity index (χ1v) is 14.5. The molecule has 1 aliphatic rings. The molecular formula is C24H24ClN3O7S2. The highest BCUT2D eigenvalue weighted by Crippen LogP contribution is 2.37. The molecule has 13 heteroatoms. The number of aryl methyl sites for hydroxylation is 3. The molecule has 0 saturated carbocycles. The molecule has 0 fully saturated rings. The van der Waals surface area contributed by atoms with Gasteiger partial charge >= 0.3 is 10.1 Å². The van der Waals surface area contributed by atoms with Crippen LogP contribution in [0.2, 0.25) is 5.02 Å². The lowest BCUT2D eigenvalue weighted by molar-refractivity contribution is 0.0986. The predicted molar refractivity (Wildman–Crippen MR) is 137 cm³/mol. The van der Waals surface area contributed by atoms with Gasteiger partial charge in [-0.15, -0.1) is 0 Å². The highest BCUT2D eigenvalue weighted by Gasteiger charge is 2.45. The maximum absolute atomic E-state index is 13.8. The summed E-state index contributed by atoms with van der Waals surface area (Å²) in [5.74, 6) is -1.24. The number of halogens is 1. The molecule has 2 aromatic carbocycles. The quantitative estimate of drug-likeness (QED) is 0.240. The Morgan fingerprint density at radius 3 is 2.43 bits per heavy atom. The number of benzene rings is 2. The van der Waals surface area contributed by atoms with E-state index in [-0.39, 0.29) is 34.2 Å². The van der Waals surface area contributed by atoms with Crippen molar-refractivity contribution in [1.82, 2.24) is 9.78 Å². The Balaban J connectivity index is 1.82. The summed E-state index contributed by atoms with van der Waals surface area (Å²) in [4.78, 5) is 18.5. The maximum Gasteiger partial charge on any atom is 0.340 e. The molecule has 1 unspecified atom stereocenters. The standard InChI is InChI=1S/C24H24ClN3O7S2/c1-5-28-24(35-37(32,33)17-10-8-16(25)9-11-17)18(13-26-28)22(29)20-12-19(27-34-4)21-14(2)6-7-15(3)23(21)36(20,30)31/h6-11,13,20H,5,12H2,1-4H3. The van der Waals surface area contributed by atoms with E-state index in [0.29, 0.717) is 27.4 Å². The predicted octanol–water partition coefficient (Wildman–Crippen LogP) is 3.72. The minimum Gasteiger partial charge on any atom is -0.399 e. The summed E-state index contributed by atoms with van der Waals surface area (Å²) in [6, 6.07) is 8.71. The third-order valence-electron chi connectivity index (χ3n) is 6.03. The lowest BCUT2D eigenvalue weighted by Crippen LogP contribution is -2.39. The molecule has 0 amide bonds. The third-order valence-corrected chi connectivity index (χ3v) is 9.73. The Morgan fingerprint density at radius 2 is 1.81 bits per heavy atom. The van der Waals surface area contributed by atoms with Crippen LogP contribution in [0.4, 0.5) is 0 Å². The smallest absolute Gasteiger partial charge is 0.340 e. The number of rotatable bonds is 7. The van der Waals surface area contributed by atoms with Crippen molar-refractivity contribution in [2.45, 2.75) is 48.8 Å². The van der Waals surface area contributed by atoms with Crippen molar-refractivity contribution in [3.8, 4) is 5.88 Å². The Labute approximate surface area is 219 Å². The molecule has 4 rings (SSSR count). The van der Waals surface area contributed by atoms with Gasteiger partial charge in [-0.3, -0.25) is 4.79 Å². The van der Waals surface area contributed by atoms with Gasteiger partial charge < -0.3 is 9.02 Å². The average molecular weight is 566 g/mol. The summed E-state index contributed by atoms with van der Waals surface area (Å²) >= 11 is 5.85. The zero-order chi connectivity index (χ0) is 27.1. The largest absolute Gasteiger partial charge is 0.399 e. The molecular weight excluding hydrogens is 542 g/mol. The Morgan fingerprint density at radius 1 is 1.16 bits per heavy atom. The van der Waals surface area contributed by atoms with E-state index >= 15 is 0 Å². The van der Waals surface area contributed by atoms with Crippen LogP contribution in [0.25, 0.3) is 0 Å². The number of nitrogens with zero attached hydrogens (tertiary/aromatic N) is 3. The van der Waals surface area contributed by atoms with E-state index in [0.717, 1.165) is 6.20 Å². The molecule has 0 radical (unpaired) electrons. The monoisotopic (exact) mass is 565 g/mol. The molecule has 1 aromatic heterocycles. The SMILES string of the molecule is CCn1ncc(C(=O)C2CC(=NOC)c3c(C)ccc(C)c3S2(=O)=O)c1OS(=O)(=O)c1ccc(Cl)cc1. The van der Waals surface area contributed by atoms with Gasteiger partial charge in [-0.25, -0.2) is 13.1 Å². The summed E-state index contributed by atoms with van der Waals surface area (Å²) < 4.78 is 60.0. The first kappa shape index (κ1) is 26.8. The van der Waals surface area contributed by atoms with E-state index in [2.05, 4.69) is 10.3 Å². The molecule has 0 spiro atoms. The molecule has 0 saturated heterocycles. The van der Waals surface area contributed by atoms with Crippen LogP contribution >= 0.6 is 11.6 Å². The van der Waals surface area contributed by atoms with Crippen LogP contribution in [0.3, 0.4) is 0 Å². The Bertz CT molecular complexity index is 1630. The number of fused-ring (bicyclic) bond motifs is 1. The maximum atomic E-state index is 13.8. The van der Waals surface area contributed by atoms with E-state index < -0.39 is 31.0 Å². The number of ketones is 1. The fourth-order valence-corrected chi connectivity index (χ4v) is 7.48. The van der Waals surface area contributed by atoms with Gasteiger partial charge in [-0.1, -0.05) is 28.9 Å². The zero-order valence-corrected chi connectivity index (χ0v) is 22.8. The van der Waals surface area contributed by atoms with Crippen LogP contribution in [-0.2, 0) is 31.3 Å². The molecule has 0 N–H and O–H groups in total. The normalized spacial score (nSPS) is 17.9. The minimum atomic E-state index is -4.39. The molecule has 196 valence electrons. The van der Waals surface area contributed by atoms with Gasteiger partial charge in [0, 0.05) is 23.6 Å². The van der Waals surface area contributed by atoms with Crippen molar-refractivity contribution in [2.75, 3.05) is 7.11 Å². The van der Waals surface area contributed by atoms with Crippen LogP contribution in [-0.4, -0.2) is 50.5 Å². The Kier molecular flexibility index (Phi) is 7.19. The molecule has 1 atom stereocenters. The molecule has 2 heterocycles. The fourth-order valence-electron chi connectivity index (χ4n) is 4.25. The number of hydrogen-bond donors (Lipinski definition) is 0. The lowest BCUT2D eigenvalue weighted by atomic mass is 9.95. The van der Waals surface area contributed by atoms with Crippen molar-refractivity contribution in [1.29, 1.82) is 0 Å². The van der Waals surface area contributed by atoms with Crippen molar-refractivity contribution in [2.24, 2.45) is 5.16 Å².